The van der Waals surface area contributed by atoms with Crippen LogP contribution in [0.3, 0.4) is 0 Å². The lowest BCUT2D eigenvalue weighted by Crippen LogP contribution is -2.51. The van der Waals surface area contributed by atoms with Crippen molar-refractivity contribution >= 4 is 5.91 Å². The molecule has 92 valence electrons. The van der Waals surface area contributed by atoms with Gasteiger partial charge in [-0.1, -0.05) is 6.08 Å². The van der Waals surface area contributed by atoms with Gasteiger partial charge in [0.25, 0.3) is 0 Å². The van der Waals surface area contributed by atoms with Crippen molar-refractivity contribution in [3.8, 4) is 0 Å². The summed E-state index contributed by atoms with van der Waals surface area (Å²) in [6.07, 6.45) is 1.70. The molecule has 5 heteroatoms. The standard InChI is InChI=1S/C11H21N3O2/c1-3-4-13-11(15)8-14-5-6-16-10(7-14)9(2)12/h3,9-10H,1,4-8,12H2,2H3,(H,13,15). The first-order chi connectivity index (χ1) is 7.63. The highest BCUT2D eigenvalue weighted by atomic mass is 16.5. The Balaban J connectivity index is 2.31. The lowest BCUT2D eigenvalue weighted by molar-refractivity contribution is -0.124. The third-order valence-corrected chi connectivity index (χ3v) is 2.57. The molecule has 5 nitrogen and oxygen atoms in total. The second kappa shape index (κ2) is 6.62. The van der Waals surface area contributed by atoms with Gasteiger partial charge in [0.1, 0.15) is 0 Å². The van der Waals surface area contributed by atoms with Gasteiger partial charge in [-0.15, -0.1) is 6.58 Å². The maximum absolute atomic E-state index is 11.5. The van der Waals surface area contributed by atoms with Gasteiger partial charge in [0.2, 0.25) is 5.91 Å². The van der Waals surface area contributed by atoms with E-state index in [0.717, 1.165) is 13.1 Å². The molecule has 0 radical (unpaired) electrons. The maximum Gasteiger partial charge on any atom is 0.234 e. The lowest BCUT2D eigenvalue weighted by Gasteiger charge is -2.34. The number of carbonyl (C=O) groups excluding carboxylic acids is 1. The fraction of sp³-hybridized carbons (Fsp3) is 0.727. The summed E-state index contributed by atoms with van der Waals surface area (Å²) < 4.78 is 5.52. The Hall–Kier alpha value is -0.910. The van der Waals surface area contributed by atoms with Gasteiger partial charge < -0.3 is 15.8 Å². The Morgan fingerprint density at radius 3 is 3.19 bits per heavy atom. The first-order valence-corrected chi connectivity index (χ1v) is 5.60. The summed E-state index contributed by atoms with van der Waals surface area (Å²) in [4.78, 5) is 13.5. The smallest absolute Gasteiger partial charge is 0.234 e. The van der Waals surface area contributed by atoms with Crippen LogP contribution in [-0.4, -0.2) is 55.7 Å². The van der Waals surface area contributed by atoms with Crippen LogP contribution in [0.15, 0.2) is 12.7 Å². The molecule has 1 fully saturated rings. The summed E-state index contributed by atoms with van der Waals surface area (Å²) in [5.41, 5.74) is 5.77. The SMILES string of the molecule is C=CCNC(=O)CN1CCOC(C(C)N)C1. The molecule has 0 saturated carbocycles. The Morgan fingerprint density at radius 2 is 2.56 bits per heavy atom. The maximum atomic E-state index is 11.5. The van der Waals surface area contributed by atoms with Crippen LogP contribution in [0, 0.1) is 0 Å². The van der Waals surface area contributed by atoms with Gasteiger partial charge in [-0.2, -0.15) is 0 Å². The van der Waals surface area contributed by atoms with Gasteiger partial charge in [0.05, 0.1) is 19.3 Å². The van der Waals surface area contributed by atoms with Crippen molar-refractivity contribution in [3.63, 3.8) is 0 Å². The van der Waals surface area contributed by atoms with Gasteiger partial charge in [-0.25, -0.2) is 0 Å². The fourth-order valence-electron chi connectivity index (χ4n) is 1.64. The molecule has 3 N–H and O–H groups in total. The molecule has 0 spiro atoms. The highest BCUT2D eigenvalue weighted by Crippen LogP contribution is 2.07. The van der Waals surface area contributed by atoms with Crippen LogP contribution in [0.2, 0.25) is 0 Å². The largest absolute Gasteiger partial charge is 0.374 e. The van der Waals surface area contributed by atoms with Gasteiger partial charge in [0, 0.05) is 25.7 Å². The van der Waals surface area contributed by atoms with E-state index in [0.29, 0.717) is 19.7 Å². The van der Waals surface area contributed by atoms with Crippen LogP contribution in [0.4, 0.5) is 0 Å². The summed E-state index contributed by atoms with van der Waals surface area (Å²) >= 11 is 0. The number of rotatable bonds is 5. The van der Waals surface area contributed by atoms with Crippen molar-refractivity contribution in [2.45, 2.75) is 19.1 Å². The van der Waals surface area contributed by atoms with Crippen molar-refractivity contribution < 1.29 is 9.53 Å². The lowest BCUT2D eigenvalue weighted by atomic mass is 10.1. The number of nitrogens with two attached hydrogens (primary N) is 1. The molecule has 0 aromatic carbocycles. The molecule has 1 aliphatic rings. The molecule has 1 amide bonds. The van der Waals surface area contributed by atoms with E-state index in [2.05, 4.69) is 16.8 Å². The van der Waals surface area contributed by atoms with Crippen LogP contribution >= 0.6 is 0 Å². The van der Waals surface area contributed by atoms with Crippen LogP contribution in [0.1, 0.15) is 6.92 Å². The minimum Gasteiger partial charge on any atom is -0.374 e. The molecule has 2 unspecified atom stereocenters. The van der Waals surface area contributed by atoms with E-state index < -0.39 is 0 Å². The number of ether oxygens (including phenoxy) is 1. The van der Waals surface area contributed by atoms with Crippen LogP contribution < -0.4 is 11.1 Å². The van der Waals surface area contributed by atoms with Gasteiger partial charge in [0.15, 0.2) is 0 Å². The number of morpholine rings is 1. The molecule has 1 rings (SSSR count). The van der Waals surface area contributed by atoms with E-state index in [-0.39, 0.29) is 18.1 Å². The summed E-state index contributed by atoms with van der Waals surface area (Å²) in [6.45, 7) is 8.53. The van der Waals surface area contributed by atoms with E-state index >= 15 is 0 Å². The third-order valence-electron chi connectivity index (χ3n) is 2.57. The van der Waals surface area contributed by atoms with E-state index in [4.69, 9.17) is 10.5 Å². The zero-order valence-corrected chi connectivity index (χ0v) is 9.82. The average molecular weight is 227 g/mol. The van der Waals surface area contributed by atoms with Crippen molar-refractivity contribution in [2.75, 3.05) is 32.8 Å². The Labute approximate surface area is 96.6 Å². The molecule has 16 heavy (non-hydrogen) atoms. The summed E-state index contributed by atoms with van der Waals surface area (Å²) in [6, 6.07) is -0.000892. The first-order valence-electron chi connectivity index (χ1n) is 5.60. The van der Waals surface area contributed by atoms with Crippen molar-refractivity contribution in [1.82, 2.24) is 10.2 Å². The predicted molar refractivity (Wildman–Crippen MR) is 63.0 cm³/mol. The van der Waals surface area contributed by atoms with Crippen molar-refractivity contribution in [1.29, 1.82) is 0 Å². The molecule has 1 heterocycles. The molecule has 1 aliphatic heterocycles. The third kappa shape index (κ3) is 4.30. The van der Waals surface area contributed by atoms with Gasteiger partial charge in [-0.05, 0) is 6.92 Å². The summed E-state index contributed by atoms with van der Waals surface area (Å²) in [5, 5.41) is 2.75. The summed E-state index contributed by atoms with van der Waals surface area (Å²) in [7, 11) is 0. The Morgan fingerprint density at radius 1 is 1.81 bits per heavy atom. The minimum absolute atomic E-state index is 0.000892. The normalized spacial score (nSPS) is 23.8. The molecule has 0 aromatic rings. The molecule has 0 bridgehead atoms. The Bertz CT molecular complexity index is 243. The van der Waals surface area contributed by atoms with Crippen molar-refractivity contribution in [3.05, 3.63) is 12.7 Å². The van der Waals surface area contributed by atoms with E-state index in [9.17, 15) is 4.79 Å². The highest BCUT2D eigenvalue weighted by Gasteiger charge is 2.24. The topological polar surface area (TPSA) is 67.6 Å². The fourth-order valence-corrected chi connectivity index (χ4v) is 1.64. The molecule has 1 saturated heterocycles. The second-order valence-electron chi connectivity index (χ2n) is 4.10. The molecular weight excluding hydrogens is 206 g/mol. The average Bonchev–Trinajstić information content (AvgIpc) is 2.26. The van der Waals surface area contributed by atoms with Crippen LogP contribution in [0.5, 0.6) is 0 Å². The van der Waals surface area contributed by atoms with Crippen LogP contribution in [-0.2, 0) is 9.53 Å². The van der Waals surface area contributed by atoms with Gasteiger partial charge in [-0.3, -0.25) is 9.69 Å². The number of hydrogen-bond acceptors (Lipinski definition) is 4. The second-order valence-corrected chi connectivity index (χ2v) is 4.10. The number of nitrogens with zero attached hydrogens (tertiary/aromatic N) is 1. The Kier molecular flexibility index (Phi) is 5.45. The predicted octanol–water partition coefficient (Wildman–Crippen LogP) is -0.663. The first kappa shape index (κ1) is 13.2. The monoisotopic (exact) mass is 227 g/mol. The number of nitrogens with one attached hydrogen (secondary N) is 1. The number of carbonyl (C=O) groups is 1. The quantitative estimate of drug-likeness (QED) is 0.612. The van der Waals surface area contributed by atoms with E-state index in [1.807, 2.05) is 6.92 Å². The van der Waals surface area contributed by atoms with E-state index in [1.54, 1.807) is 6.08 Å². The number of amides is 1. The van der Waals surface area contributed by atoms with Crippen molar-refractivity contribution in [2.24, 2.45) is 5.73 Å². The molecule has 0 aliphatic carbocycles. The van der Waals surface area contributed by atoms with Crippen LogP contribution in [0.25, 0.3) is 0 Å². The minimum atomic E-state index is -0.000892. The summed E-state index contributed by atoms with van der Waals surface area (Å²) in [5.74, 6) is 0.0187. The molecule has 2 atom stereocenters. The zero-order valence-electron chi connectivity index (χ0n) is 9.82. The number of hydrogen-bond donors (Lipinski definition) is 2. The molecule has 0 aromatic heterocycles. The highest BCUT2D eigenvalue weighted by molar-refractivity contribution is 5.78. The zero-order chi connectivity index (χ0) is 12.0. The molecular formula is C11H21N3O2. The van der Waals surface area contributed by atoms with Gasteiger partial charge >= 0.3 is 0 Å². The van der Waals surface area contributed by atoms with E-state index in [1.165, 1.54) is 0 Å².